The minimum atomic E-state index is -0.488. The van der Waals surface area contributed by atoms with E-state index in [1.54, 1.807) is 4.90 Å². The third-order valence-corrected chi connectivity index (χ3v) is 3.57. The summed E-state index contributed by atoms with van der Waals surface area (Å²) in [6.07, 6.45) is 1.25. The molecule has 0 bridgehead atoms. The molecule has 2 aliphatic heterocycles. The zero-order valence-electron chi connectivity index (χ0n) is 12.0. The van der Waals surface area contributed by atoms with E-state index in [0.717, 1.165) is 12.8 Å². The van der Waals surface area contributed by atoms with Gasteiger partial charge < -0.3 is 14.4 Å². The molecule has 2 heterocycles. The normalized spacial score (nSPS) is 27.6. The number of nitrogens with zero attached hydrogens (tertiary/aromatic N) is 1. The van der Waals surface area contributed by atoms with Gasteiger partial charge in [-0.2, -0.15) is 0 Å². The Labute approximate surface area is 114 Å². The van der Waals surface area contributed by atoms with Gasteiger partial charge in [0.25, 0.3) is 0 Å². The highest BCUT2D eigenvalue weighted by Crippen LogP contribution is 2.25. The molecule has 0 aromatic rings. The van der Waals surface area contributed by atoms with Crippen molar-refractivity contribution in [2.24, 2.45) is 11.8 Å². The highest BCUT2D eigenvalue weighted by Gasteiger charge is 2.37. The van der Waals surface area contributed by atoms with Crippen LogP contribution in [0.15, 0.2) is 0 Å². The van der Waals surface area contributed by atoms with Crippen molar-refractivity contribution in [3.8, 4) is 0 Å². The molecule has 0 radical (unpaired) electrons. The van der Waals surface area contributed by atoms with Gasteiger partial charge in [0.05, 0.1) is 6.61 Å². The van der Waals surface area contributed by atoms with Crippen LogP contribution in [0, 0.1) is 11.8 Å². The van der Waals surface area contributed by atoms with Gasteiger partial charge in [-0.1, -0.05) is 0 Å². The van der Waals surface area contributed by atoms with Crippen molar-refractivity contribution in [3.05, 3.63) is 0 Å². The number of carbonyl (C=O) groups is 2. The van der Waals surface area contributed by atoms with Crippen LogP contribution in [-0.4, -0.2) is 48.7 Å². The van der Waals surface area contributed by atoms with Gasteiger partial charge >= 0.3 is 6.09 Å². The van der Waals surface area contributed by atoms with Gasteiger partial charge in [-0.25, -0.2) is 4.79 Å². The number of carbonyl (C=O) groups excluding carboxylic acids is 2. The maximum atomic E-state index is 12.2. The SMILES string of the molecule is CC(C)(C)OC(=O)N1CCC(C(=O)C2CCOC2)C1. The lowest BCUT2D eigenvalue weighted by Crippen LogP contribution is -2.36. The van der Waals surface area contributed by atoms with Crippen molar-refractivity contribution >= 4 is 11.9 Å². The van der Waals surface area contributed by atoms with Gasteiger partial charge in [0.15, 0.2) is 0 Å². The predicted molar refractivity (Wildman–Crippen MR) is 69.8 cm³/mol. The second-order valence-electron chi connectivity index (χ2n) is 6.37. The van der Waals surface area contributed by atoms with Crippen LogP contribution in [0.5, 0.6) is 0 Å². The van der Waals surface area contributed by atoms with E-state index >= 15 is 0 Å². The molecule has 5 nitrogen and oxygen atoms in total. The van der Waals surface area contributed by atoms with E-state index < -0.39 is 5.60 Å². The first-order valence-corrected chi connectivity index (χ1v) is 6.96. The number of ether oxygens (including phenoxy) is 2. The second kappa shape index (κ2) is 5.49. The molecule has 108 valence electrons. The fraction of sp³-hybridized carbons (Fsp3) is 0.857. The molecule has 2 saturated heterocycles. The third-order valence-electron chi connectivity index (χ3n) is 3.57. The second-order valence-corrected chi connectivity index (χ2v) is 6.37. The number of hydrogen-bond donors (Lipinski definition) is 0. The highest BCUT2D eigenvalue weighted by molar-refractivity contribution is 5.85. The van der Waals surface area contributed by atoms with Gasteiger partial charge in [0.1, 0.15) is 11.4 Å². The van der Waals surface area contributed by atoms with E-state index in [1.165, 1.54) is 0 Å². The molecule has 0 saturated carbocycles. The molecule has 2 rings (SSSR count). The summed E-state index contributed by atoms with van der Waals surface area (Å²) in [5.74, 6) is 0.242. The largest absolute Gasteiger partial charge is 0.444 e. The van der Waals surface area contributed by atoms with Crippen LogP contribution in [0.4, 0.5) is 4.79 Å². The van der Waals surface area contributed by atoms with E-state index in [4.69, 9.17) is 9.47 Å². The lowest BCUT2D eigenvalue weighted by atomic mass is 9.92. The molecule has 19 heavy (non-hydrogen) atoms. The summed E-state index contributed by atoms with van der Waals surface area (Å²) in [4.78, 5) is 25.8. The van der Waals surface area contributed by atoms with Gasteiger partial charge in [-0.05, 0) is 33.6 Å². The fourth-order valence-electron chi connectivity index (χ4n) is 2.58. The lowest BCUT2D eigenvalue weighted by molar-refractivity contribution is -0.126. The monoisotopic (exact) mass is 269 g/mol. The molecule has 2 unspecified atom stereocenters. The zero-order valence-corrected chi connectivity index (χ0v) is 12.0. The molecular weight excluding hydrogens is 246 g/mol. The maximum absolute atomic E-state index is 12.2. The van der Waals surface area contributed by atoms with Gasteiger partial charge in [-0.15, -0.1) is 0 Å². The molecule has 2 fully saturated rings. The molecule has 0 aromatic heterocycles. The Morgan fingerprint density at radius 2 is 1.95 bits per heavy atom. The van der Waals surface area contributed by atoms with Gasteiger partial charge in [0.2, 0.25) is 0 Å². The first kappa shape index (κ1) is 14.3. The first-order valence-electron chi connectivity index (χ1n) is 6.96. The fourth-order valence-corrected chi connectivity index (χ4v) is 2.58. The van der Waals surface area contributed by atoms with E-state index in [2.05, 4.69) is 0 Å². The zero-order chi connectivity index (χ0) is 14.0. The molecule has 0 N–H and O–H groups in total. The summed E-state index contributed by atoms with van der Waals surface area (Å²) >= 11 is 0. The van der Waals surface area contributed by atoms with Crippen molar-refractivity contribution in [2.75, 3.05) is 26.3 Å². The molecule has 0 spiro atoms. The third kappa shape index (κ3) is 3.69. The molecule has 0 aliphatic carbocycles. The topological polar surface area (TPSA) is 55.8 Å². The first-order chi connectivity index (χ1) is 8.87. The van der Waals surface area contributed by atoms with Crippen molar-refractivity contribution in [1.29, 1.82) is 0 Å². The van der Waals surface area contributed by atoms with Gasteiger partial charge in [0, 0.05) is 31.5 Å². The number of Topliss-reactive ketones (excluding diaryl/α,β-unsaturated/α-hetero) is 1. The summed E-state index contributed by atoms with van der Waals surface area (Å²) in [7, 11) is 0. The standard InChI is InChI=1S/C14H23NO4/c1-14(2,3)19-13(17)15-6-4-10(8-15)12(16)11-5-7-18-9-11/h10-11H,4-9H2,1-3H3. The Bertz CT molecular complexity index is 355. The molecule has 5 heteroatoms. The Balaban J connectivity index is 1.85. The number of rotatable bonds is 2. The van der Waals surface area contributed by atoms with Crippen molar-refractivity contribution in [2.45, 2.75) is 39.2 Å². The Morgan fingerprint density at radius 3 is 2.53 bits per heavy atom. The summed E-state index contributed by atoms with van der Waals surface area (Å²) in [6, 6.07) is 0. The summed E-state index contributed by atoms with van der Waals surface area (Å²) in [5.41, 5.74) is -0.488. The molecule has 2 atom stereocenters. The molecule has 2 aliphatic rings. The van der Waals surface area contributed by atoms with Crippen LogP contribution in [0.3, 0.4) is 0 Å². The van der Waals surface area contributed by atoms with Crippen LogP contribution in [0.25, 0.3) is 0 Å². The number of amides is 1. The van der Waals surface area contributed by atoms with Crippen LogP contribution in [-0.2, 0) is 14.3 Å². The minimum absolute atomic E-state index is 0.0311. The van der Waals surface area contributed by atoms with E-state index in [0.29, 0.717) is 26.3 Å². The number of hydrogen-bond acceptors (Lipinski definition) is 4. The van der Waals surface area contributed by atoms with Crippen molar-refractivity contribution < 1.29 is 19.1 Å². The number of ketones is 1. The quantitative estimate of drug-likeness (QED) is 0.767. The summed E-state index contributed by atoms with van der Waals surface area (Å²) in [5, 5.41) is 0. The van der Waals surface area contributed by atoms with E-state index in [-0.39, 0.29) is 23.7 Å². The van der Waals surface area contributed by atoms with Crippen LogP contribution < -0.4 is 0 Å². The average molecular weight is 269 g/mol. The Hall–Kier alpha value is -1.10. The summed E-state index contributed by atoms with van der Waals surface area (Å²) < 4.78 is 10.6. The predicted octanol–water partition coefficient (Wildman–Crippen LogP) is 1.85. The van der Waals surface area contributed by atoms with Crippen molar-refractivity contribution in [1.82, 2.24) is 4.90 Å². The van der Waals surface area contributed by atoms with Crippen LogP contribution >= 0.6 is 0 Å². The lowest BCUT2D eigenvalue weighted by Gasteiger charge is -2.24. The summed E-state index contributed by atoms with van der Waals surface area (Å²) in [6.45, 7) is 7.86. The van der Waals surface area contributed by atoms with E-state index in [1.807, 2.05) is 20.8 Å². The van der Waals surface area contributed by atoms with Crippen LogP contribution in [0.1, 0.15) is 33.6 Å². The molecular formula is C14H23NO4. The average Bonchev–Trinajstić information content (AvgIpc) is 2.98. The highest BCUT2D eigenvalue weighted by atomic mass is 16.6. The molecule has 1 amide bonds. The number of likely N-dealkylation sites (tertiary alicyclic amines) is 1. The van der Waals surface area contributed by atoms with E-state index in [9.17, 15) is 9.59 Å². The van der Waals surface area contributed by atoms with Crippen LogP contribution in [0.2, 0.25) is 0 Å². The molecule has 0 aromatic carbocycles. The minimum Gasteiger partial charge on any atom is -0.444 e. The Morgan fingerprint density at radius 1 is 1.21 bits per heavy atom. The maximum Gasteiger partial charge on any atom is 0.410 e. The van der Waals surface area contributed by atoms with Crippen molar-refractivity contribution in [3.63, 3.8) is 0 Å². The Kier molecular flexibility index (Phi) is 4.13. The van der Waals surface area contributed by atoms with Gasteiger partial charge in [-0.3, -0.25) is 4.79 Å². The smallest absolute Gasteiger partial charge is 0.410 e.